The van der Waals surface area contributed by atoms with Crippen LogP contribution in [0.15, 0.2) is 0 Å². The average molecular weight is 289 g/mol. The number of aliphatic carboxylic acids is 1. The normalized spacial score (nSPS) is 10.1. The summed E-state index contributed by atoms with van der Waals surface area (Å²) >= 11 is 2.03. The van der Waals surface area contributed by atoms with Crippen molar-refractivity contribution in [3.63, 3.8) is 0 Å². The second-order valence-corrected chi connectivity index (χ2v) is 2.71. The largest absolute Gasteiger partial charge is 0.480 e. The number of rotatable bonds is 8. The van der Waals surface area contributed by atoms with Crippen molar-refractivity contribution in [1.29, 1.82) is 0 Å². The van der Waals surface area contributed by atoms with Crippen molar-refractivity contribution in [3.05, 3.63) is 0 Å². The number of hydrogen-bond donors (Lipinski definition) is 2. The predicted octanol–water partition coefficient (Wildman–Crippen LogP) is 0.0438. The Morgan fingerprint density at radius 2 is 2.00 bits per heavy atom. The summed E-state index contributed by atoms with van der Waals surface area (Å²) in [6.07, 6.45) is 0. The minimum atomic E-state index is -0.955. The van der Waals surface area contributed by atoms with Crippen LogP contribution in [0.5, 0.6) is 0 Å². The summed E-state index contributed by atoms with van der Waals surface area (Å²) < 4.78 is 12.7. The summed E-state index contributed by atoms with van der Waals surface area (Å²) in [5.74, 6) is -0.955. The molecule has 0 rings (SSSR count). The number of ether oxygens (including phenoxy) is 2. The summed E-state index contributed by atoms with van der Waals surface area (Å²) in [6, 6.07) is 0. The number of carbonyl (C=O) groups is 1. The summed E-state index contributed by atoms with van der Waals surface area (Å²) in [5, 5.41) is 8.18. The van der Waals surface area contributed by atoms with Crippen molar-refractivity contribution in [3.8, 4) is 0 Å². The van der Waals surface area contributed by atoms with Gasteiger partial charge < -0.3 is 14.6 Å². The van der Waals surface area contributed by atoms with Crippen LogP contribution in [0.3, 0.4) is 0 Å². The van der Waals surface area contributed by atoms with E-state index < -0.39 is 5.97 Å². The molecule has 5 nitrogen and oxygen atoms in total. The summed E-state index contributed by atoms with van der Waals surface area (Å²) in [7, 11) is 0. The first-order chi connectivity index (χ1) is 5.77. The van der Waals surface area contributed by atoms with E-state index in [2.05, 4.69) is 3.53 Å². The van der Waals surface area contributed by atoms with Crippen LogP contribution in [0.1, 0.15) is 0 Å². The monoisotopic (exact) mass is 289 g/mol. The second-order valence-electron chi connectivity index (χ2n) is 1.94. The lowest BCUT2D eigenvalue weighted by molar-refractivity contribution is -0.142. The predicted molar refractivity (Wildman–Crippen MR) is 51.3 cm³/mol. The highest BCUT2D eigenvalue weighted by Gasteiger charge is 1.94. The molecule has 2 N–H and O–H groups in total. The maximum atomic E-state index is 9.96. The molecule has 0 unspecified atom stereocenters. The van der Waals surface area contributed by atoms with Crippen molar-refractivity contribution in [2.75, 3.05) is 33.0 Å². The molecule has 0 heterocycles. The molecule has 0 aliphatic rings. The molecular weight excluding hydrogens is 277 g/mol. The van der Waals surface area contributed by atoms with Crippen LogP contribution in [0, 0.1) is 0 Å². The molecule has 0 saturated heterocycles. The number of carboxylic acid groups (broad SMARTS) is 1. The maximum absolute atomic E-state index is 9.96. The van der Waals surface area contributed by atoms with Gasteiger partial charge in [0.1, 0.15) is 6.61 Å². The zero-order chi connectivity index (χ0) is 9.23. The van der Waals surface area contributed by atoms with E-state index in [1.54, 1.807) is 0 Å². The van der Waals surface area contributed by atoms with Gasteiger partial charge in [-0.2, -0.15) is 0 Å². The maximum Gasteiger partial charge on any atom is 0.329 e. The highest BCUT2D eigenvalue weighted by Crippen LogP contribution is 1.79. The van der Waals surface area contributed by atoms with E-state index >= 15 is 0 Å². The fourth-order valence-electron chi connectivity index (χ4n) is 0.490. The van der Waals surface area contributed by atoms with Crippen LogP contribution in [0.2, 0.25) is 0 Å². The molecule has 0 saturated carbocycles. The Kier molecular flexibility index (Phi) is 9.23. The molecular formula is C6H12INO4. The second kappa shape index (κ2) is 9.17. The fraction of sp³-hybridized carbons (Fsp3) is 0.833. The van der Waals surface area contributed by atoms with Gasteiger partial charge in [-0.15, -0.1) is 0 Å². The smallest absolute Gasteiger partial charge is 0.329 e. The lowest BCUT2D eigenvalue weighted by atomic mass is 10.7. The lowest BCUT2D eigenvalue weighted by Crippen LogP contribution is -2.14. The third-order valence-electron chi connectivity index (χ3n) is 0.938. The van der Waals surface area contributed by atoms with Crippen LogP contribution in [-0.2, 0) is 14.3 Å². The molecule has 0 aromatic carbocycles. The Balaban J connectivity index is 2.86. The number of halogens is 1. The van der Waals surface area contributed by atoms with Gasteiger partial charge in [0.15, 0.2) is 0 Å². The molecule has 0 bridgehead atoms. The van der Waals surface area contributed by atoms with Crippen molar-refractivity contribution in [1.82, 2.24) is 3.53 Å². The van der Waals surface area contributed by atoms with Gasteiger partial charge in [0.05, 0.1) is 19.8 Å². The lowest BCUT2D eigenvalue weighted by Gasteiger charge is -2.02. The molecule has 0 amide bonds. The molecule has 0 aromatic rings. The minimum Gasteiger partial charge on any atom is -0.480 e. The van der Waals surface area contributed by atoms with E-state index in [9.17, 15) is 4.79 Å². The summed E-state index contributed by atoms with van der Waals surface area (Å²) in [4.78, 5) is 9.96. The minimum absolute atomic E-state index is 0.256. The van der Waals surface area contributed by atoms with Gasteiger partial charge in [-0.25, -0.2) is 4.79 Å². The van der Waals surface area contributed by atoms with Gasteiger partial charge in [-0.05, 0) is 0 Å². The molecule has 0 spiro atoms. The Bertz CT molecular complexity index is 122. The molecule has 0 atom stereocenters. The van der Waals surface area contributed by atoms with Crippen LogP contribution in [0.25, 0.3) is 0 Å². The number of hydrogen-bond acceptors (Lipinski definition) is 4. The number of carboxylic acids is 1. The van der Waals surface area contributed by atoms with Crippen LogP contribution < -0.4 is 3.53 Å². The summed E-state index contributed by atoms with van der Waals surface area (Å²) in [6.45, 7) is 1.89. The standard InChI is InChI=1S/C6H12INO4/c7-8-1-2-11-3-4-12-5-6(9)10/h8H,1-5H2,(H,9,10). The number of nitrogens with one attached hydrogen (secondary N) is 1. The molecule has 0 radical (unpaired) electrons. The van der Waals surface area contributed by atoms with E-state index in [1.165, 1.54) is 0 Å². The zero-order valence-corrected chi connectivity index (χ0v) is 8.74. The quantitative estimate of drug-likeness (QED) is 0.375. The van der Waals surface area contributed by atoms with Crippen molar-refractivity contribution >= 4 is 28.8 Å². The van der Waals surface area contributed by atoms with Crippen molar-refractivity contribution in [2.45, 2.75) is 0 Å². The highest BCUT2D eigenvalue weighted by atomic mass is 127. The Hall–Kier alpha value is 0.0800. The van der Waals surface area contributed by atoms with Gasteiger partial charge in [-0.1, -0.05) is 0 Å². The Labute approximate surface area is 84.9 Å². The highest BCUT2D eigenvalue weighted by molar-refractivity contribution is 14.1. The van der Waals surface area contributed by atoms with Gasteiger partial charge in [-0.3, -0.25) is 3.53 Å². The van der Waals surface area contributed by atoms with Crippen molar-refractivity contribution in [2.24, 2.45) is 0 Å². The SMILES string of the molecule is O=C(O)COCCOCCNI. The van der Waals surface area contributed by atoms with Gasteiger partial charge >= 0.3 is 5.97 Å². The van der Waals surface area contributed by atoms with Crippen LogP contribution in [-0.4, -0.2) is 44.0 Å². The van der Waals surface area contributed by atoms with E-state index in [4.69, 9.17) is 14.6 Å². The molecule has 0 aliphatic heterocycles. The first kappa shape index (κ1) is 12.1. The molecule has 0 aromatic heterocycles. The topological polar surface area (TPSA) is 67.8 Å². The molecule has 12 heavy (non-hydrogen) atoms. The Morgan fingerprint density at radius 1 is 1.33 bits per heavy atom. The van der Waals surface area contributed by atoms with Crippen molar-refractivity contribution < 1.29 is 19.4 Å². The molecule has 72 valence electrons. The van der Waals surface area contributed by atoms with E-state index in [0.717, 1.165) is 6.54 Å². The molecule has 6 heteroatoms. The van der Waals surface area contributed by atoms with E-state index in [0.29, 0.717) is 19.8 Å². The first-order valence-electron chi connectivity index (χ1n) is 3.48. The third-order valence-corrected chi connectivity index (χ3v) is 1.48. The van der Waals surface area contributed by atoms with Gasteiger partial charge in [0.2, 0.25) is 0 Å². The van der Waals surface area contributed by atoms with Gasteiger partial charge in [0, 0.05) is 29.4 Å². The van der Waals surface area contributed by atoms with E-state index in [1.807, 2.05) is 22.9 Å². The zero-order valence-electron chi connectivity index (χ0n) is 6.59. The van der Waals surface area contributed by atoms with E-state index in [-0.39, 0.29) is 6.61 Å². The fourth-order valence-corrected chi connectivity index (χ4v) is 0.710. The molecule has 0 fully saturated rings. The Morgan fingerprint density at radius 3 is 2.58 bits per heavy atom. The first-order valence-corrected chi connectivity index (χ1v) is 4.56. The third kappa shape index (κ3) is 10.1. The average Bonchev–Trinajstić information content (AvgIpc) is 2.02. The van der Waals surface area contributed by atoms with Crippen LogP contribution >= 0.6 is 22.9 Å². The molecule has 0 aliphatic carbocycles. The summed E-state index contributed by atoms with van der Waals surface area (Å²) in [5.41, 5.74) is 0. The van der Waals surface area contributed by atoms with Crippen LogP contribution in [0.4, 0.5) is 0 Å². The van der Waals surface area contributed by atoms with Gasteiger partial charge in [0.25, 0.3) is 0 Å².